The van der Waals surface area contributed by atoms with Gasteiger partial charge in [-0.15, -0.1) is 0 Å². The molecule has 0 saturated carbocycles. The Morgan fingerprint density at radius 1 is 1.21 bits per heavy atom. The van der Waals surface area contributed by atoms with E-state index in [4.69, 9.17) is 0 Å². The summed E-state index contributed by atoms with van der Waals surface area (Å²) in [6.45, 7) is 3.75. The van der Waals surface area contributed by atoms with Gasteiger partial charge in [-0.25, -0.2) is 4.68 Å². The maximum atomic E-state index is 12.4. The maximum Gasteiger partial charge on any atom is 0.268 e. The molecule has 0 aliphatic heterocycles. The number of aromatic nitrogens is 4. The second-order valence-corrected chi connectivity index (χ2v) is 5.50. The normalized spacial score (nSPS) is 10.8. The van der Waals surface area contributed by atoms with Crippen molar-refractivity contribution in [3.63, 3.8) is 0 Å². The molecule has 2 aromatic heterocycles. The minimum Gasteiger partial charge on any atom is -0.507 e. The van der Waals surface area contributed by atoms with Crippen molar-refractivity contribution >= 4 is 11.7 Å². The molecule has 0 bridgehead atoms. The van der Waals surface area contributed by atoms with Gasteiger partial charge in [-0.05, 0) is 32.0 Å². The van der Waals surface area contributed by atoms with Gasteiger partial charge in [-0.2, -0.15) is 10.2 Å². The number of ketones is 1. The van der Waals surface area contributed by atoms with Gasteiger partial charge >= 0.3 is 0 Å². The van der Waals surface area contributed by atoms with Gasteiger partial charge < -0.3 is 5.11 Å². The third-order valence-corrected chi connectivity index (χ3v) is 3.64. The predicted octanol–water partition coefficient (Wildman–Crippen LogP) is 1.97. The van der Waals surface area contributed by atoms with E-state index in [1.165, 1.54) is 24.5 Å². The van der Waals surface area contributed by atoms with Gasteiger partial charge in [-0.3, -0.25) is 14.3 Å². The Labute approximate surface area is 138 Å². The summed E-state index contributed by atoms with van der Waals surface area (Å²) in [6, 6.07) is 8.13. The van der Waals surface area contributed by atoms with Crippen LogP contribution in [-0.2, 0) is 6.54 Å². The van der Waals surface area contributed by atoms with E-state index < -0.39 is 5.78 Å². The Bertz CT molecular complexity index is 924. The van der Waals surface area contributed by atoms with Crippen LogP contribution in [0, 0.1) is 13.8 Å². The summed E-state index contributed by atoms with van der Waals surface area (Å²) in [5, 5.41) is 17.9. The van der Waals surface area contributed by atoms with Crippen LogP contribution in [0.25, 0.3) is 0 Å². The molecule has 0 aliphatic rings. The number of benzene rings is 1. The summed E-state index contributed by atoms with van der Waals surface area (Å²) in [6.07, 6.45) is 2.68. The van der Waals surface area contributed by atoms with Crippen molar-refractivity contribution in [1.29, 1.82) is 0 Å². The number of phenolic OH excluding ortho intramolecular Hbond substituents is 1. The molecule has 0 fully saturated rings. The lowest BCUT2D eigenvalue weighted by Crippen LogP contribution is -2.20. The zero-order valence-corrected chi connectivity index (χ0v) is 13.3. The summed E-state index contributed by atoms with van der Waals surface area (Å²) in [5.41, 5.74) is 2.11. The Kier molecular flexibility index (Phi) is 3.99. The summed E-state index contributed by atoms with van der Waals surface area (Å²) < 4.78 is 2.70. The molecule has 1 N–H and O–H groups in total. The number of aryl methyl sites for hydroxylation is 2. The van der Waals surface area contributed by atoms with Crippen LogP contribution in [0.3, 0.4) is 0 Å². The average Bonchev–Trinajstić information content (AvgIpc) is 3.14. The summed E-state index contributed by atoms with van der Waals surface area (Å²) in [7, 11) is 0. The van der Waals surface area contributed by atoms with Crippen molar-refractivity contribution in [2.75, 3.05) is 0 Å². The fourth-order valence-electron chi connectivity index (χ4n) is 2.43. The number of aromatic hydroxyl groups is 1. The SMILES string of the molecule is Cc1cc(C)n(CC(=O)n2cc(C(=O)c3ccccc3O)cn2)n1. The summed E-state index contributed by atoms with van der Waals surface area (Å²) in [5.74, 6) is -0.806. The van der Waals surface area contributed by atoms with Crippen molar-refractivity contribution in [3.05, 3.63) is 65.2 Å². The highest BCUT2D eigenvalue weighted by Crippen LogP contribution is 2.19. The van der Waals surface area contributed by atoms with E-state index in [9.17, 15) is 14.7 Å². The Hall–Kier alpha value is -3.22. The molecule has 2 heterocycles. The molecule has 0 spiro atoms. The van der Waals surface area contributed by atoms with Gasteiger partial charge in [0.2, 0.25) is 0 Å². The van der Waals surface area contributed by atoms with Crippen LogP contribution in [-0.4, -0.2) is 36.4 Å². The number of phenols is 1. The largest absolute Gasteiger partial charge is 0.507 e. The van der Waals surface area contributed by atoms with E-state index in [0.717, 1.165) is 16.1 Å². The molecule has 122 valence electrons. The number of para-hydroxylation sites is 1. The fourth-order valence-corrected chi connectivity index (χ4v) is 2.43. The Morgan fingerprint density at radius 3 is 2.62 bits per heavy atom. The lowest BCUT2D eigenvalue weighted by atomic mass is 10.1. The highest BCUT2D eigenvalue weighted by Gasteiger charge is 2.17. The lowest BCUT2D eigenvalue weighted by molar-refractivity contribution is 0.0869. The minimum absolute atomic E-state index is 0.0333. The lowest BCUT2D eigenvalue weighted by Gasteiger charge is -2.03. The highest BCUT2D eigenvalue weighted by atomic mass is 16.3. The topological polar surface area (TPSA) is 90.0 Å². The van der Waals surface area contributed by atoms with Crippen molar-refractivity contribution in [2.24, 2.45) is 0 Å². The molecule has 7 nitrogen and oxygen atoms in total. The van der Waals surface area contributed by atoms with Crippen molar-refractivity contribution < 1.29 is 14.7 Å². The number of hydrogen-bond donors (Lipinski definition) is 1. The van der Waals surface area contributed by atoms with Gasteiger partial charge in [0, 0.05) is 11.9 Å². The first-order valence-corrected chi connectivity index (χ1v) is 7.37. The van der Waals surface area contributed by atoms with E-state index in [0.29, 0.717) is 0 Å². The van der Waals surface area contributed by atoms with Crippen LogP contribution in [0.15, 0.2) is 42.7 Å². The first-order chi connectivity index (χ1) is 11.5. The van der Waals surface area contributed by atoms with E-state index in [2.05, 4.69) is 10.2 Å². The number of nitrogens with zero attached hydrogens (tertiary/aromatic N) is 4. The zero-order chi connectivity index (χ0) is 17.3. The van der Waals surface area contributed by atoms with Crippen LogP contribution in [0.2, 0.25) is 0 Å². The number of hydrogen-bond acceptors (Lipinski definition) is 5. The molecule has 0 aliphatic carbocycles. The smallest absolute Gasteiger partial charge is 0.268 e. The van der Waals surface area contributed by atoms with Crippen LogP contribution in [0.1, 0.15) is 32.1 Å². The third kappa shape index (κ3) is 2.96. The van der Waals surface area contributed by atoms with Crippen LogP contribution < -0.4 is 0 Å². The summed E-state index contributed by atoms with van der Waals surface area (Å²) in [4.78, 5) is 24.7. The monoisotopic (exact) mass is 324 g/mol. The first-order valence-electron chi connectivity index (χ1n) is 7.37. The molecule has 3 aromatic rings. The molecule has 0 unspecified atom stereocenters. The first kappa shape index (κ1) is 15.7. The van der Waals surface area contributed by atoms with Crippen LogP contribution >= 0.6 is 0 Å². The molecule has 0 saturated heterocycles. The molecule has 1 aromatic carbocycles. The van der Waals surface area contributed by atoms with Crippen molar-refractivity contribution in [2.45, 2.75) is 20.4 Å². The van der Waals surface area contributed by atoms with Crippen molar-refractivity contribution in [3.8, 4) is 5.75 Å². The highest BCUT2D eigenvalue weighted by molar-refractivity contribution is 6.10. The van der Waals surface area contributed by atoms with E-state index >= 15 is 0 Å². The van der Waals surface area contributed by atoms with E-state index in [1.54, 1.807) is 16.8 Å². The number of carbonyl (C=O) groups is 2. The molecule has 7 heteroatoms. The second-order valence-electron chi connectivity index (χ2n) is 5.50. The standard InChI is InChI=1S/C17H16N4O3/c1-11-7-12(2)20(19-11)10-16(23)21-9-13(8-18-21)17(24)14-5-3-4-6-15(14)22/h3-9,22H,10H2,1-2H3. The number of rotatable bonds is 4. The second kappa shape index (κ2) is 6.11. The third-order valence-electron chi connectivity index (χ3n) is 3.64. The van der Waals surface area contributed by atoms with Crippen molar-refractivity contribution in [1.82, 2.24) is 19.6 Å². The minimum atomic E-state index is -0.390. The van der Waals surface area contributed by atoms with Crippen LogP contribution in [0.4, 0.5) is 0 Å². The molecule has 24 heavy (non-hydrogen) atoms. The van der Waals surface area contributed by atoms with Gasteiger partial charge in [0.1, 0.15) is 12.3 Å². The van der Waals surface area contributed by atoms with E-state index in [1.807, 2.05) is 19.9 Å². The molecular formula is C17H16N4O3. The fraction of sp³-hybridized carbons (Fsp3) is 0.176. The van der Waals surface area contributed by atoms with E-state index in [-0.39, 0.29) is 29.3 Å². The Balaban J connectivity index is 1.80. The predicted molar refractivity (Wildman–Crippen MR) is 86.1 cm³/mol. The van der Waals surface area contributed by atoms with Crippen LogP contribution in [0.5, 0.6) is 5.75 Å². The molecule has 0 amide bonds. The van der Waals surface area contributed by atoms with Gasteiger partial charge in [0.05, 0.1) is 23.0 Å². The summed E-state index contributed by atoms with van der Waals surface area (Å²) >= 11 is 0. The maximum absolute atomic E-state index is 12.4. The molecule has 3 rings (SSSR count). The quantitative estimate of drug-likeness (QED) is 0.741. The Morgan fingerprint density at radius 2 is 1.96 bits per heavy atom. The van der Waals surface area contributed by atoms with Gasteiger partial charge in [0.25, 0.3) is 5.91 Å². The molecular weight excluding hydrogens is 308 g/mol. The van der Waals surface area contributed by atoms with Gasteiger partial charge in [0.15, 0.2) is 5.78 Å². The van der Waals surface area contributed by atoms with Gasteiger partial charge in [-0.1, -0.05) is 12.1 Å². The molecule has 0 atom stereocenters. The average molecular weight is 324 g/mol. The number of carbonyl (C=O) groups excluding carboxylic acids is 2. The molecule has 0 radical (unpaired) electrons. The zero-order valence-electron chi connectivity index (χ0n) is 13.3.